The van der Waals surface area contributed by atoms with Gasteiger partial charge in [-0.05, 0) is 38.1 Å². The lowest BCUT2D eigenvalue weighted by atomic mass is 9.89. The Labute approximate surface area is 126 Å². The van der Waals surface area contributed by atoms with Gasteiger partial charge in [-0.2, -0.15) is 0 Å². The summed E-state index contributed by atoms with van der Waals surface area (Å²) < 4.78 is 0. The van der Waals surface area contributed by atoms with Gasteiger partial charge < -0.3 is 10.2 Å². The second-order valence-corrected chi connectivity index (χ2v) is 7.24. The molecule has 0 radical (unpaired) electrons. The average Bonchev–Trinajstić information content (AvgIpc) is 2.72. The van der Waals surface area contributed by atoms with E-state index >= 15 is 0 Å². The molecule has 20 heavy (non-hydrogen) atoms. The van der Waals surface area contributed by atoms with E-state index < -0.39 is 0 Å². The number of nitrogens with one attached hydrogen (secondary N) is 1. The molecule has 118 valence electrons. The van der Waals surface area contributed by atoms with Crippen molar-refractivity contribution in [3.8, 4) is 0 Å². The molecule has 2 rings (SSSR count). The molecule has 3 nitrogen and oxygen atoms in total. The Bertz CT molecular complexity index is 261. The summed E-state index contributed by atoms with van der Waals surface area (Å²) in [6.07, 6.45) is 7.17. The SMILES string of the molecule is CC(C)C1CCCC(N(C)CCN2CCNCC2)CC1. The van der Waals surface area contributed by atoms with E-state index in [0.29, 0.717) is 0 Å². The minimum atomic E-state index is 0.835. The van der Waals surface area contributed by atoms with Crippen molar-refractivity contribution < 1.29 is 0 Å². The van der Waals surface area contributed by atoms with E-state index in [4.69, 9.17) is 0 Å². The Morgan fingerprint density at radius 1 is 1.10 bits per heavy atom. The first-order chi connectivity index (χ1) is 9.66. The van der Waals surface area contributed by atoms with Crippen LogP contribution in [0.1, 0.15) is 46.0 Å². The van der Waals surface area contributed by atoms with Crippen LogP contribution in [0.3, 0.4) is 0 Å². The van der Waals surface area contributed by atoms with Gasteiger partial charge in [-0.3, -0.25) is 4.90 Å². The highest BCUT2D eigenvalue weighted by atomic mass is 15.2. The molecule has 0 bridgehead atoms. The molecule has 3 heteroatoms. The second kappa shape index (κ2) is 8.35. The van der Waals surface area contributed by atoms with Gasteiger partial charge in [0, 0.05) is 45.3 Å². The van der Waals surface area contributed by atoms with Crippen LogP contribution in [0.25, 0.3) is 0 Å². The fourth-order valence-corrected chi connectivity index (χ4v) is 3.83. The van der Waals surface area contributed by atoms with Crippen LogP contribution < -0.4 is 5.32 Å². The zero-order valence-corrected chi connectivity index (χ0v) is 13.9. The average molecular weight is 281 g/mol. The van der Waals surface area contributed by atoms with Gasteiger partial charge in [-0.1, -0.05) is 26.7 Å². The molecule has 2 atom stereocenters. The topological polar surface area (TPSA) is 18.5 Å². The molecule has 2 fully saturated rings. The van der Waals surface area contributed by atoms with Gasteiger partial charge in [0.25, 0.3) is 0 Å². The predicted molar refractivity (Wildman–Crippen MR) is 87.1 cm³/mol. The van der Waals surface area contributed by atoms with Crippen LogP contribution in [0.15, 0.2) is 0 Å². The van der Waals surface area contributed by atoms with Crippen LogP contribution in [0.4, 0.5) is 0 Å². The molecule has 0 aromatic carbocycles. The molecule has 0 aromatic rings. The highest BCUT2D eigenvalue weighted by Gasteiger charge is 2.23. The van der Waals surface area contributed by atoms with Crippen molar-refractivity contribution in [2.45, 2.75) is 52.0 Å². The zero-order chi connectivity index (χ0) is 14.4. The predicted octanol–water partition coefficient (Wildman–Crippen LogP) is 2.43. The third kappa shape index (κ3) is 5.01. The maximum atomic E-state index is 3.43. The molecule has 2 unspecified atom stereocenters. The van der Waals surface area contributed by atoms with Gasteiger partial charge in [0.05, 0.1) is 0 Å². The van der Waals surface area contributed by atoms with Crippen LogP contribution >= 0.6 is 0 Å². The van der Waals surface area contributed by atoms with E-state index in [0.717, 1.165) is 17.9 Å². The van der Waals surface area contributed by atoms with Gasteiger partial charge in [0.15, 0.2) is 0 Å². The van der Waals surface area contributed by atoms with Crippen LogP contribution in [-0.2, 0) is 0 Å². The summed E-state index contributed by atoms with van der Waals surface area (Å²) in [6.45, 7) is 12.1. The highest BCUT2D eigenvalue weighted by molar-refractivity contribution is 4.78. The molecule has 1 aliphatic heterocycles. The Hall–Kier alpha value is -0.120. The van der Waals surface area contributed by atoms with E-state index in [-0.39, 0.29) is 0 Å². The standard InChI is InChI=1S/C17H35N3/c1-15(2)16-5-4-6-17(8-7-16)19(3)13-14-20-11-9-18-10-12-20/h15-18H,4-14H2,1-3H3. The highest BCUT2D eigenvalue weighted by Crippen LogP contribution is 2.30. The van der Waals surface area contributed by atoms with Crippen molar-refractivity contribution in [1.29, 1.82) is 0 Å². The van der Waals surface area contributed by atoms with Crippen LogP contribution in [-0.4, -0.2) is 62.2 Å². The molecule has 1 saturated carbocycles. The van der Waals surface area contributed by atoms with Crippen molar-refractivity contribution >= 4 is 0 Å². The summed E-state index contributed by atoms with van der Waals surface area (Å²) in [4.78, 5) is 5.26. The van der Waals surface area contributed by atoms with E-state index in [2.05, 4.69) is 36.0 Å². The van der Waals surface area contributed by atoms with Gasteiger partial charge >= 0.3 is 0 Å². The van der Waals surface area contributed by atoms with E-state index in [1.807, 2.05) is 0 Å². The van der Waals surface area contributed by atoms with Crippen molar-refractivity contribution in [1.82, 2.24) is 15.1 Å². The number of piperazine rings is 1. The number of hydrogen-bond acceptors (Lipinski definition) is 3. The molecule has 0 amide bonds. The van der Waals surface area contributed by atoms with Crippen LogP contribution in [0.2, 0.25) is 0 Å². The minimum absolute atomic E-state index is 0.835. The number of rotatable bonds is 5. The quantitative estimate of drug-likeness (QED) is 0.781. The summed E-state index contributed by atoms with van der Waals surface area (Å²) in [5, 5.41) is 3.43. The van der Waals surface area contributed by atoms with E-state index in [9.17, 15) is 0 Å². The molecule has 0 aromatic heterocycles. The van der Waals surface area contributed by atoms with Crippen molar-refractivity contribution in [3.05, 3.63) is 0 Å². The first-order valence-corrected chi connectivity index (χ1v) is 8.80. The third-order valence-corrected chi connectivity index (χ3v) is 5.53. The fourth-order valence-electron chi connectivity index (χ4n) is 3.83. The second-order valence-electron chi connectivity index (χ2n) is 7.24. The number of hydrogen-bond donors (Lipinski definition) is 1. The Morgan fingerprint density at radius 2 is 1.85 bits per heavy atom. The first-order valence-electron chi connectivity index (χ1n) is 8.80. The lowest BCUT2D eigenvalue weighted by molar-refractivity contribution is 0.166. The van der Waals surface area contributed by atoms with Crippen molar-refractivity contribution in [2.24, 2.45) is 11.8 Å². The summed E-state index contributed by atoms with van der Waals surface area (Å²) in [5.41, 5.74) is 0. The number of likely N-dealkylation sites (N-methyl/N-ethyl adjacent to an activating group) is 1. The third-order valence-electron chi connectivity index (χ3n) is 5.53. The molecule has 1 aliphatic carbocycles. The Balaban J connectivity index is 1.70. The molecule has 1 heterocycles. The Morgan fingerprint density at radius 3 is 2.55 bits per heavy atom. The van der Waals surface area contributed by atoms with Crippen molar-refractivity contribution in [2.75, 3.05) is 46.3 Å². The maximum Gasteiger partial charge on any atom is 0.0110 e. The first kappa shape index (κ1) is 16.3. The van der Waals surface area contributed by atoms with Gasteiger partial charge in [0.2, 0.25) is 0 Å². The molecular formula is C17H35N3. The summed E-state index contributed by atoms with van der Waals surface area (Å²) in [7, 11) is 2.35. The molecule has 1 saturated heterocycles. The monoisotopic (exact) mass is 281 g/mol. The minimum Gasteiger partial charge on any atom is -0.314 e. The van der Waals surface area contributed by atoms with Gasteiger partial charge in [-0.15, -0.1) is 0 Å². The fraction of sp³-hybridized carbons (Fsp3) is 1.00. The molecular weight excluding hydrogens is 246 g/mol. The zero-order valence-electron chi connectivity index (χ0n) is 13.9. The summed E-state index contributed by atoms with van der Waals surface area (Å²) >= 11 is 0. The van der Waals surface area contributed by atoms with Gasteiger partial charge in [0.1, 0.15) is 0 Å². The van der Waals surface area contributed by atoms with Crippen molar-refractivity contribution in [3.63, 3.8) is 0 Å². The smallest absolute Gasteiger partial charge is 0.0110 e. The normalized spacial score (nSPS) is 29.9. The largest absolute Gasteiger partial charge is 0.314 e. The molecule has 2 aliphatic rings. The summed E-state index contributed by atoms with van der Waals surface area (Å²) in [5.74, 6) is 1.85. The van der Waals surface area contributed by atoms with Crippen LogP contribution in [0.5, 0.6) is 0 Å². The molecule has 0 spiro atoms. The van der Waals surface area contributed by atoms with Gasteiger partial charge in [-0.25, -0.2) is 0 Å². The van der Waals surface area contributed by atoms with E-state index in [1.165, 1.54) is 71.4 Å². The maximum absolute atomic E-state index is 3.43. The lowest BCUT2D eigenvalue weighted by Gasteiger charge is -2.32. The van der Waals surface area contributed by atoms with E-state index in [1.54, 1.807) is 0 Å². The van der Waals surface area contributed by atoms with Crippen LogP contribution in [0, 0.1) is 11.8 Å². The molecule has 1 N–H and O–H groups in total. The summed E-state index contributed by atoms with van der Waals surface area (Å²) in [6, 6.07) is 0.835. The Kier molecular flexibility index (Phi) is 6.79. The lowest BCUT2D eigenvalue weighted by Crippen LogP contribution is -2.47. The number of nitrogens with zero attached hydrogens (tertiary/aromatic N) is 2.